The smallest absolute Gasteiger partial charge is 0.418 e. The van der Waals surface area contributed by atoms with E-state index in [1.54, 1.807) is 0 Å². The fraction of sp³-hybridized carbons (Fsp3) is 0.667. The summed E-state index contributed by atoms with van der Waals surface area (Å²) in [5, 5.41) is 0. The van der Waals surface area contributed by atoms with Crippen molar-refractivity contribution in [3.8, 4) is 0 Å². The topological polar surface area (TPSA) is 3.88 Å². The Morgan fingerprint density at radius 2 is 1.48 bits per heavy atom. The van der Waals surface area contributed by atoms with Gasteiger partial charge in [-0.15, -0.1) is 0 Å². The third-order valence-electron chi connectivity index (χ3n) is 3.37. The molecule has 0 bridgehead atoms. The SMILES string of the molecule is CCCCCCCC[n+]1cccc(C)c1C.F[B-](F)(F)F. The predicted molar refractivity (Wildman–Crippen MR) is 79.7 cm³/mol. The highest BCUT2D eigenvalue weighted by molar-refractivity contribution is 6.50. The van der Waals surface area contributed by atoms with E-state index in [2.05, 4.69) is 43.7 Å². The summed E-state index contributed by atoms with van der Waals surface area (Å²) in [5.41, 5.74) is 2.81. The molecule has 0 unspecified atom stereocenters. The van der Waals surface area contributed by atoms with Gasteiger partial charge in [0, 0.05) is 25.0 Å². The number of halogens is 4. The lowest BCUT2D eigenvalue weighted by Gasteiger charge is -2.03. The Labute approximate surface area is 125 Å². The minimum Gasteiger partial charge on any atom is -0.418 e. The molecule has 1 heterocycles. The van der Waals surface area contributed by atoms with Crippen molar-refractivity contribution in [2.75, 3.05) is 0 Å². The zero-order chi connectivity index (χ0) is 16.3. The number of aromatic nitrogens is 1. The zero-order valence-corrected chi connectivity index (χ0v) is 13.2. The van der Waals surface area contributed by atoms with Crippen LogP contribution in [0.2, 0.25) is 0 Å². The summed E-state index contributed by atoms with van der Waals surface area (Å²) in [6.07, 6.45) is 10.4. The lowest BCUT2D eigenvalue weighted by atomic mass is 10.1. The first-order valence-electron chi connectivity index (χ1n) is 7.58. The van der Waals surface area contributed by atoms with Gasteiger partial charge < -0.3 is 17.3 Å². The molecule has 0 amide bonds. The zero-order valence-electron chi connectivity index (χ0n) is 13.2. The van der Waals surface area contributed by atoms with Crippen LogP contribution in [0.25, 0.3) is 0 Å². The number of nitrogens with zero attached hydrogens (tertiary/aromatic N) is 1. The molecule has 0 radical (unpaired) electrons. The molecule has 0 fully saturated rings. The third kappa shape index (κ3) is 12.4. The summed E-state index contributed by atoms with van der Waals surface area (Å²) < 4.78 is 41.4. The molecule has 0 spiro atoms. The molecular weight excluding hydrogens is 281 g/mol. The van der Waals surface area contributed by atoms with Gasteiger partial charge in [-0.1, -0.05) is 32.6 Å². The van der Waals surface area contributed by atoms with E-state index < -0.39 is 7.25 Å². The lowest BCUT2D eigenvalue weighted by Crippen LogP contribution is -2.37. The van der Waals surface area contributed by atoms with Crippen molar-refractivity contribution in [1.82, 2.24) is 0 Å². The third-order valence-corrected chi connectivity index (χ3v) is 3.37. The number of unbranched alkanes of at least 4 members (excludes halogenated alkanes) is 5. The van der Waals surface area contributed by atoms with Gasteiger partial charge in [0.1, 0.15) is 6.54 Å². The number of rotatable bonds is 7. The Bertz CT molecular complexity index is 388. The van der Waals surface area contributed by atoms with E-state index in [-0.39, 0.29) is 0 Å². The summed E-state index contributed by atoms with van der Waals surface area (Å²) in [6, 6.07) is 4.34. The predicted octanol–water partition coefficient (Wildman–Crippen LogP) is 5.25. The van der Waals surface area contributed by atoms with E-state index >= 15 is 0 Å². The maximum absolute atomic E-state index is 9.75. The Hall–Kier alpha value is -1.07. The maximum atomic E-state index is 9.75. The van der Waals surface area contributed by atoms with Crippen LogP contribution in [0.15, 0.2) is 18.3 Å². The number of pyridine rings is 1. The number of hydrogen-bond acceptors (Lipinski definition) is 0. The fourth-order valence-corrected chi connectivity index (χ4v) is 2.05. The quantitative estimate of drug-likeness (QED) is 0.280. The Kier molecular flexibility index (Phi) is 10.1. The molecule has 1 aromatic rings. The average Bonchev–Trinajstić information content (AvgIpc) is 2.36. The van der Waals surface area contributed by atoms with Gasteiger partial charge in [0.05, 0.1) is 0 Å². The van der Waals surface area contributed by atoms with Crippen molar-refractivity contribution >= 4 is 7.25 Å². The summed E-state index contributed by atoms with van der Waals surface area (Å²) in [7, 11) is -6.00. The fourth-order valence-electron chi connectivity index (χ4n) is 2.05. The van der Waals surface area contributed by atoms with Gasteiger partial charge in [-0.2, -0.15) is 0 Å². The van der Waals surface area contributed by atoms with E-state index in [1.165, 1.54) is 56.3 Å². The first-order valence-corrected chi connectivity index (χ1v) is 7.58. The molecule has 21 heavy (non-hydrogen) atoms. The first-order chi connectivity index (χ1) is 9.75. The van der Waals surface area contributed by atoms with Crippen molar-refractivity contribution in [2.24, 2.45) is 0 Å². The molecule has 1 rings (SSSR count). The van der Waals surface area contributed by atoms with Crippen LogP contribution in [0.5, 0.6) is 0 Å². The molecule has 0 aromatic carbocycles. The summed E-state index contributed by atoms with van der Waals surface area (Å²) in [6.45, 7) is 7.85. The van der Waals surface area contributed by atoms with Gasteiger partial charge in [-0.05, 0) is 19.4 Å². The van der Waals surface area contributed by atoms with Gasteiger partial charge in [0.25, 0.3) is 0 Å². The van der Waals surface area contributed by atoms with Crippen molar-refractivity contribution in [1.29, 1.82) is 0 Å². The highest BCUT2D eigenvalue weighted by Crippen LogP contribution is 2.07. The standard InChI is InChI=1S/C15H26N.BF4/c1-4-5-6-7-8-9-12-16-13-10-11-14(2)15(16)3;2-1(3,4)5/h10-11,13H,4-9,12H2,1-3H3;/q+1;-1. The Morgan fingerprint density at radius 1 is 0.952 bits per heavy atom. The van der Waals surface area contributed by atoms with Crippen molar-refractivity contribution in [3.63, 3.8) is 0 Å². The van der Waals surface area contributed by atoms with E-state index in [1.807, 2.05) is 0 Å². The summed E-state index contributed by atoms with van der Waals surface area (Å²) in [4.78, 5) is 0. The first kappa shape index (κ1) is 19.9. The van der Waals surface area contributed by atoms with Crippen LogP contribution in [0.3, 0.4) is 0 Å². The molecule has 1 nitrogen and oxygen atoms in total. The van der Waals surface area contributed by atoms with E-state index in [9.17, 15) is 17.3 Å². The van der Waals surface area contributed by atoms with Crippen molar-refractivity contribution < 1.29 is 21.8 Å². The summed E-state index contributed by atoms with van der Waals surface area (Å²) >= 11 is 0. The lowest BCUT2D eigenvalue weighted by molar-refractivity contribution is -0.703. The van der Waals surface area contributed by atoms with Gasteiger partial charge in [-0.25, -0.2) is 4.57 Å². The highest BCUT2D eigenvalue weighted by atomic mass is 19.5. The van der Waals surface area contributed by atoms with E-state index in [0.717, 1.165) is 0 Å². The second kappa shape index (κ2) is 10.6. The van der Waals surface area contributed by atoms with Crippen LogP contribution < -0.4 is 4.57 Å². The maximum Gasteiger partial charge on any atom is 0.673 e. The molecule has 0 saturated carbocycles. The molecule has 0 aliphatic carbocycles. The largest absolute Gasteiger partial charge is 0.673 e. The molecule has 1 aromatic heterocycles. The molecule has 0 aliphatic heterocycles. The van der Waals surface area contributed by atoms with Gasteiger partial charge in [0.2, 0.25) is 0 Å². The van der Waals surface area contributed by atoms with Crippen LogP contribution in [0.4, 0.5) is 17.3 Å². The molecule has 6 heteroatoms. The highest BCUT2D eigenvalue weighted by Gasteiger charge is 2.20. The van der Waals surface area contributed by atoms with Crippen molar-refractivity contribution in [2.45, 2.75) is 65.8 Å². The normalized spacial score (nSPS) is 11.0. The van der Waals surface area contributed by atoms with Gasteiger partial charge >= 0.3 is 7.25 Å². The molecule has 0 atom stereocenters. The van der Waals surface area contributed by atoms with E-state index in [0.29, 0.717) is 0 Å². The second-order valence-electron chi connectivity index (χ2n) is 5.23. The van der Waals surface area contributed by atoms with Crippen LogP contribution >= 0.6 is 0 Å². The van der Waals surface area contributed by atoms with Gasteiger partial charge in [0.15, 0.2) is 11.9 Å². The average molecular weight is 307 g/mol. The minimum atomic E-state index is -6.00. The van der Waals surface area contributed by atoms with E-state index in [4.69, 9.17) is 0 Å². The van der Waals surface area contributed by atoms with Crippen LogP contribution in [0, 0.1) is 13.8 Å². The monoisotopic (exact) mass is 307 g/mol. The molecule has 0 N–H and O–H groups in total. The minimum absolute atomic E-state index is 1.18. The van der Waals surface area contributed by atoms with Gasteiger partial charge in [-0.3, -0.25) is 0 Å². The molecule has 122 valence electrons. The molecule has 0 saturated heterocycles. The Morgan fingerprint density at radius 3 is 2.05 bits per heavy atom. The molecule has 0 aliphatic rings. The van der Waals surface area contributed by atoms with Crippen LogP contribution in [0.1, 0.15) is 56.7 Å². The Balaban J connectivity index is 0.000000690. The number of aryl methyl sites for hydroxylation is 2. The van der Waals surface area contributed by atoms with Crippen LogP contribution in [-0.2, 0) is 6.54 Å². The molecular formula is C15H26BF4N. The van der Waals surface area contributed by atoms with Crippen LogP contribution in [-0.4, -0.2) is 7.25 Å². The van der Waals surface area contributed by atoms with Crippen molar-refractivity contribution in [3.05, 3.63) is 29.6 Å². The number of hydrogen-bond donors (Lipinski definition) is 0. The second-order valence-corrected chi connectivity index (χ2v) is 5.23. The summed E-state index contributed by atoms with van der Waals surface area (Å²) in [5.74, 6) is 0.